The van der Waals surface area contributed by atoms with E-state index in [1.807, 2.05) is 30.3 Å². The van der Waals surface area contributed by atoms with Crippen LogP contribution in [0.4, 0.5) is 0 Å². The fourth-order valence-corrected chi connectivity index (χ4v) is 5.47. The number of ether oxygens (including phenoxy) is 5. The summed E-state index contributed by atoms with van der Waals surface area (Å²) in [6, 6.07) is 52.4. The highest BCUT2D eigenvalue weighted by atomic mass is 16.6. The van der Waals surface area contributed by atoms with Crippen molar-refractivity contribution in [2.75, 3.05) is 33.0 Å². The molecule has 0 radical (unpaired) electrons. The van der Waals surface area contributed by atoms with Crippen molar-refractivity contribution in [3.8, 4) is 0 Å². The summed E-state index contributed by atoms with van der Waals surface area (Å²) in [5.41, 5.74) is 6.97. The zero-order valence-electron chi connectivity index (χ0n) is 36.1. The van der Waals surface area contributed by atoms with E-state index in [9.17, 15) is 0 Å². The second-order valence-corrected chi connectivity index (χ2v) is 15.8. The van der Waals surface area contributed by atoms with Crippen molar-refractivity contribution in [2.45, 2.75) is 116 Å². The summed E-state index contributed by atoms with van der Waals surface area (Å²) in [7, 11) is 0. The molecule has 5 saturated heterocycles. The summed E-state index contributed by atoms with van der Waals surface area (Å²) >= 11 is 0. The van der Waals surface area contributed by atoms with Crippen LogP contribution in [0, 0.1) is 0 Å². The van der Waals surface area contributed by atoms with Gasteiger partial charge in [-0.2, -0.15) is 0 Å². The average molecular weight is 787 g/mol. The van der Waals surface area contributed by atoms with Crippen molar-refractivity contribution in [3.05, 3.63) is 179 Å². The Morgan fingerprint density at radius 1 is 0.345 bits per heavy atom. The van der Waals surface area contributed by atoms with E-state index in [0.29, 0.717) is 42.4 Å². The normalized spacial score (nSPS) is 20.7. The highest BCUT2D eigenvalue weighted by Crippen LogP contribution is 2.18. The predicted molar refractivity (Wildman–Crippen MR) is 241 cm³/mol. The highest BCUT2D eigenvalue weighted by Gasteiger charge is 2.23. The fourth-order valence-electron chi connectivity index (χ4n) is 5.47. The van der Waals surface area contributed by atoms with Crippen molar-refractivity contribution in [3.63, 3.8) is 0 Å². The maximum Gasteiger partial charge on any atom is 0.0850 e. The van der Waals surface area contributed by atoms with Gasteiger partial charge in [0, 0.05) is 19.3 Å². The van der Waals surface area contributed by atoms with Gasteiger partial charge >= 0.3 is 0 Å². The molecular formula is C53H70O5. The van der Waals surface area contributed by atoms with Crippen LogP contribution in [0.1, 0.15) is 94.0 Å². The Balaban J connectivity index is 0.000000152. The SMILES string of the molecule is CC(C)c1ccccc1.CC(C)c1ccccc1.CCC1CO1.CCC1CO1.c1ccc(CC2CO2)cc1.c1ccc(CC2CO2)cc1.c1ccc(CC2CO2)cc1. The Kier molecular flexibility index (Phi) is 22.1. The molecule has 5 aliphatic heterocycles. The molecule has 0 N–H and O–H groups in total. The molecule has 0 saturated carbocycles. The van der Waals surface area contributed by atoms with E-state index >= 15 is 0 Å². The van der Waals surface area contributed by atoms with Gasteiger partial charge in [-0.25, -0.2) is 0 Å². The van der Waals surface area contributed by atoms with Crippen LogP contribution in [0.25, 0.3) is 0 Å². The zero-order valence-corrected chi connectivity index (χ0v) is 36.1. The molecule has 0 spiro atoms. The minimum Gasteiger partial charge on any atom is -0.373 e. The molecule has 312 valence electrons. The molecule has 5 heterocycles. The van der Waals surface area contributed by atoms with Crippen molar-refractivity contribution in [1.82, 2.24) is 0 Å². The molecule has 0 amide bonds. The highest BCUT2D eigenvalue weighted by molar-refractivity contribution is 5.20. The van der Waals surface area contributed by atoms with Gasteiger partial charge in [-0.3, -0.25) is 0 Å². The van der Waals surface area contributed by atoms with Crippen LogP contribution in [0.2, 0.25) is 0 Å². The average Bonchev–Trinajstić information content (AvgIpc) is 4.06. The van der Waals surface area contributed by atoms with E-state index in [1.165, 1.54) is 40.7 Å². The van der Waals surface area contributed by atoms with Crippen LogP contribution < -0.4 is 0 Å². The Morgan fingerprint density at radius 3 is 0.690 bits per heavy atom. The van der Waals surface area contributed by atoms with Gasteiger partial charge in [0.25, 0.3) is 0 Å². The van der Waals surface area contributed by atoms with Crippen molar-refractivity contribution in [2.24, 2.45) is 0 Å². The second-order valence-electron chi connectivity index (χ2n) is 15.8. The summed E-state index contributed by atoms with van der Waals surface area (Å²) in [6.07, 6.45) is 8.46. The van der Waals surface area contributed by atoms with Gasteiger partial charge in [-0.15, -0.1) is 0 Å². The third-order valence-electron chi connectivity index (χ3n) is 9.77. The quantitative estimate of drug-likeness (QED) is 0.132. The topological polar surface area (TPSA) is 62.6 Å². The Hall–Kier alpha value is -4.10. The number of benzene rings is 5. The Labute approximate surface area is 351 Å². The van der Waals surface area contributed by atoms with E-state index in [2.05, 4.69) is 163 Å². The maximum absolute atomic E-state index is 5.11. The molecule has 5 unspecified atom stereocenters. The van der Waals surface area contributed by atoms with E-state index in [1.54, 1.807) is 0 Å². The lowest BCUT2D eigenvalue weighted by molar-refractivity contribution is 0.403. The number of epoxide rings is 5. The van der Waals surface area contributed by atoms with E-state index in [4.69, 9.17) is 23.7 Å². The summed E-state index contributed by atoms with van der Waals surface area (Å²) in [6.45, 7) is 18.0. The van der Waals surface area contributed by atoms with E-state index in [-0.39, 0.29) is 0 Å². The fraction of sp³-hybridized carbons (Fsp3) is 0.434. The minimum absolute atomic E-state index is 0.516. The molecule has 5 fully saturated rings. The Morgan fingerprint density at radius 2 is 0.552 bits per heavy atom. The number of hydrogen-bond donors (Lipinski definition) is 0. The molecule has 5 aromatic carbocycles. The van der Waals surface area contributed by atoms with Crippen LogP contribution in [0.15, 0.2) is 152 Å². The summed E-state index contributed by atoms with van der Waals surface area (Å²) < 4.78 is 25.1. The minimum atomic E-state index is 0.516. The first-order valence-corrected chi connectivity index (χ1v) is 21.6. The van der Waals surface area contributed by atoms with Crippen LogP contribution in [-0.4, -0.2) is 63.6 Å². The van der Waals surface area contributed by atoms with Gasteiger partial charge in [0.05, 0.1) is 63.6 Å². The Bertz CT molecular complexity index is 1510. The first kappa shape index (κ1) is 46.6. The van der Waals surface area contributed by atoms with Crippen molar-refractivity contribution >= 4 is 0 Å². The van der Waals surface area contributed by atoms with Crippen LogP contribution in [0.3, 0.4) is 0 Å². The molecule has 10 rings (SSSR count). The monoisotopic (exact) mass is 787 g/mol. The van der Waals surface area contributed by atoms with Gasteiger partial charge in [0.15, 0.2) is 0 Å². The van der Waals surface area contributed by atoms with Crippen LogP contribution in [-0.2, 0) is 42.9 Å². The van der Waals surface area contributed by atoms with Gasteiger partial charge in [0.2, 0.25) is 0 Å². The summed E-state index contributed by atoms with van der Waals surface area (Å²) in [5, 5.41) is 0. The maximum atomic E-state index is 5.11. The smallest absolute Gasteiger partial charge is 0.0850 e. The van der Waals surface area contributed by atoms with E-state index in [0.717, 1.165) is 52.3 Å². The van der Waals surface area contributed by atoms with Crippen molar-refractivity contribution < 1.29 is 23.7 Å². The molecule has 5 aliphatic rings. The second kappa shape index (κ2) is 27.6. The molecule has 5 atom stereocenters. The molecule has 5 aromatic rings. The van der Waals surface area contributed by atoms with Gasteiger partial charge in [0.1, 0.15) is 0 Å². The number of hydrogen-bond acceptors (Lipinski definition) is 5. The first-order chi connectivity index (χ1) is 28.3. The zero-order chi connectivity index (χ0) is 41.2. The number of rotatable bonds is 10. The molecule has 0 bridgehead atoms. The molecule has 5 heteroatoms. The van der Waals surface area contributed by atoms with Gasteiger partial charge < -0.3 is 23.7 Å². The molecule has 58 heavy (non-hydrogen) atoms. The van der Waals surface area contributed by atoms with Crippen LogP contribution in [0.5, 0.6) is 0 Å². The van der Waals surface area contributed by atoms with Crippen LogP contribution >= 0.6 is 0 Å². The molecular weight excluding hydrogens is 717 g/mol. The lowest BCUT2D eigenvalue weighted by Crippen LogP contribution is -1.90. The van der Waals surface area contributed by atoms with E-state index < -0.39 is 0 Å². The third kappa shape index (κ3) is 24.0. The summed E-state index contributed by atoms with van der Waals surface area (Å²) in [5.74, 6) is 1.32. The predicted octanol–water partition coefficient (Wildman–Crippen LogP) is 12.1. The van der Waals surface area contributed by atoms with Crippen molar-refractivity contribution in [1.29, 1.82) is 0 Å². The molecule has 0 aliphatic carbocycles. The largest absolute Gasteiger partial charge is 0.373 e. The summed E-state index contributed by atoms with van der Waals surface area (Å²) in [4.78, 5) is 0. The lowest BCUT2D eigenvalue weighted by Gasteiger charge is -2.01. The third-order valence-corrected chi connectivity index (χ3v) is 9.77. The molecule has 0 aromatic heterocycles. The van der Waals surface area contributed by atoms with Gasteiger partial charge in [-0.05, 0) is 52.5 Å². The lowest BCUT2D eigenvalue weighted by atomic mass is 10.0. The first-order valence-electron chi connectivity index (χ1n) is 21.6. The van der Waals surface area contributed by atoms with Gasteiger partial charge in [-0.1, -0.05) is 193 Å². The standard InChI is InChI=1S/3C9H10O.2C9H12.2C4H8O/c3*1-2-4-8(5-3-1)6-9-7-10-9;2*1-8(2)9-6-4-3-5-7-9;2*1-2-4-3-5-4/h3*1-5,9H,6-7H2;2*3-8H,1-2H3;2*4H,2-3H2,1H3. The molecule has 5 nitrogen and oxygen atoms in total.